The van der Waals surface area contributed by atoms with Crippen LogP contribution in [0.4, 0.5) is 0 Å². The molecule has 0 radical (unpaired) electrons. The number of aryl methyl sites for hydroxylation is 1. The molecule has 7 heteroatoms. The van der Waals surface area contributed by atoms with Crippen molar-refractivity contribution in [1.82, 2.24) is 4.57 Å². The summed E-state index contributed by atoms with van der Waals surface area (Å²) in [5.41, 5.74) is -0.627. The molecule has 0 amide bonds. The fraction of sp³-hybridized carbons (Fsp3) is 0.167. The summed E-state index contributed by atoms with van der Waals surface area (Å²) in [6.07, 6.45) is 2.36. The predicted molar refractivity (Wildman–Crippen MR) is 101 cm³/mol. The maximum atomic E-state index is 12.2. The van der Waals surface area contributed by atoms with Gasteiger partial charge in [0.15, 0.2) is 0 Å². The maximum absolute atomic E-state index is 12.2. The molecule has 3 aromatic rings. The number of hydrogen-bond acceptors (Lipinski definition) is 3. The van der Waals surface area contributed by atoms with Crippen molar-refractivity contribution in [3.8, 4) is 0 Å². The molecular formula is C18H18NO4PS. The Morgan fingerprint density at radius 2 is 1.76 bits per heavy atom. The molecule has 0 saturated heterocycles. The highest BCUT2D eigenvalue weighted by atomic mass is 32.2. The fourth-order valence-corrected chi connectivity index (χ4v) is 4.35. The van der Waals surface area contributed by atoms with Crippen molar-refractivity contribution in [3.63, 3.8) is 0 Å². The van der Waals surface area contributed by atoms with Crippen LogP contribution in [-0.4, -0.2) is 14.4 Å². The molecule has 0 saturated carbocycles. The Morgan fingerprint density at radius 1 is 1.04 bits per heavy atom. The van der Waals surface area contributed by atoms with E-state index >= 15 is 0 Å². The van der Waals surface area contributed by atoms with Gasteiger partial charge >= 0.3 is 7.60 Å². The highest BCUT2D eigenvalue weighted by Crippen LogP contribution is 2.35. The third-order valence-corrected chi connectivity index (χ3v) is 5.67. The first-order chi connectivity index (χ1) is 11.9. The van der Waals surface area contributed by atoms with Crippen LogP contribution in [0.15, 0.2) is 69.3 Å². The van der Waals surface area contributed by atoms with E-state index in [1.807, 2.05) is 49.4 Å². The highest BCUT2D eigenvalue weighted by Gasteiger charge is 2.23. The van der Waals surface area contributed by atoms with Crippen LogP contribution in [-0.2, 0) is 11.1 Å². The molecule has 0 bridgehead atoms. The molecule has 0 atom stereocenters. The van der Waals surface area contributed by atoms with Crippen LogP contribution in [0.3, 0.4) is 0 Å². The summed E-state index contributed by atoms with van der Waals surface area (Å²) >= 11 is 1.38. The van der Waals surface area contributed by atoms with Crippen molar-refractivity contribution >= 4 is 35.4 Å². The van der Waals surface area contributed by atoms with Crippen molar-refractivity contribution in [2.24, 2.45) is 0 Å². The number of fused-ring (bicyclic) bond motifs is 1. The number of benzene rings is 2. The van der Waals surface area contributed by atoms with Gasteiger partial charge in [0.1, 0.15) is 5.30 Å². The summed E-state index contributed by atoms with van der Waals surface area (Å²) in [5, 5.41) is 1.76. The second kappa shape index (κ2) is 7.18. The van der Waals surface area contributed by atoms with Gasteiger partial charge in [-0.3, -0.25) is 9.36 Å². The zero-order chi connectivity index (χ0) is 18.0. The molecule has 3 rings (SSSR count). The van der Waals surface area contributed by atoms with Crippen molar-refractivity contribution < 1.29 is 14.4 Å². The molecule has 130 valence electrons. The number of hydrogen-bond donors (Lipinski definition) is 2. The molecule has 0 unspecified atom stereocenters. The lowest BCUT2D eigenvalue weighted by Crippen LogP contribution is -2.34. The SMILES string of the molecule is CCCn1cc(Sc2ccc3ccccc3c2)cc(P(=O)(O)O)c1=O. The predicted octanol–water partition coefficient (Wildman–Crippen LogP) is 3.37. The van der Waals surface area contributed by atoms with E-state index in [0.29, 0.717) is 17.9 Å². The lowest BCUT2D eigenvalue weighted by molar-refractivity contribution is 0.386. The molecule has 0 spiro atoms. The van der Waals surface area contributed by atoms with Gasteiger partial charge in [0, 0.05) is 22.5 Å². The van der Waals surface area contributed by atoms with E-state index < -0.39 is 18.5 Å². The molecule has 25 heavy (non-hydrogen) atoms. The van der Waals surface area contributed by atoms with Gasteiger partial charge in [-0.05, 0) is 35.4 Å². The Bertz CT molecular complexity index is 1030. The summed E-state index contributed by atoms with van der Waals surface area (Å²) in [6, 6.07) is 15.3. The Morgan fingerprint density at radius 3 is 2.44 bits per heavy atom. The third kappa shape index (κ3) is 4.05. The first kappa shape index (κ1) is 18.0. The molecule has 1 aromatic heterocycles. The van der Waals surface area contributed by atoms with Crippen LogP contribution in [0.1, 0.15) is 13.3 Å². The molecular weight excluding hydrogens is 357 g/mol. The van der Waals surface area contributed by atoms with Gasteiger partial charge in [0.2, 0.25) is 0 Å². The first-order valence-corrected chi connectivity index (χ1v) is 10.3. The average Bonchev–Trinajstić information content (AvgIpc) is 2.57. The van der Waals surface area contributed by atoms with Crippen LogP contribution in [0.2, 0.25) is 0 Å². The molecule has 2 aromatic carbocycles. The van der Waals surface area contributed by atoms with Gasteiger partial charge in [0.05, 0.1) is 0 Å². The number of pyridine rings is 1. The minimum atomic E-state index is -4.62. The van der Waals surface area contributed by atoms with E-state index in [9.17, 15) is 19.1 Å². The van der Waals surface area contributed by atoms with Crippen molar-refractivity contribution in [1.29, 1.82) is 0 Å². The molecule has 0 fully saturated rings. The molecule has 0 aliphatic heterocycles. The quantitative estimate of drug-likeness (QED) is 0.669. The topological polar surface area (TPSA) is 79.5 Å². The van der Waals surface area contributed by atoms with E-state index in [4.69, 9.17) is 0 Å². The van der Waals surface area contributed by atoms with Gasteiger partial charge in [0.25, 0.3) is 5.56 Å². The van der Waals surface area contributed by atoms with Crippen molar-refractivity contribution in [2.75, 3.05) is 0 Å². The lowest BCUT2D eigenvalue weighted by Gasteiger charge is -2.12. The monoisotopic (exact) mass is 375 g/mol. The zero-order valence-corrected chi connectivity index (χ0v) is 15.3. The molecule has 0 aliphatic carbocycles. The van der Waals surface area contributed by atoms with E-state index in [1.165, 1.54) is 22.4 Å². The fourth-order valence-electron chi connectivity index (χ4n) is 2.63. The molecule has 5 nitrogen and oxygen atoms in total. The van der Waals surface area contributed by atoms with Gasteiger partial charge in [-0.25, -0.2) is 0 Å². The minimum absolute atomic E-state index is 0.415. The number of rotatable bonds is 5. The first-order valence-electron chi connectivity index (χ1n) is 7.86. The normalized spacial score (nSPS) is 11.8. The van der Waals surface area contributed by atoms with Gasteiger partial charge in [-0.1, -0.05) is 49.0 Å². The van der Waals surface area contributed by atoms with Crippen molar-refractivity contribution in [3.05, 3.63) is 65.1 Å². The molecule has 2 N–H and O–H groups in total. The number of nitrogens with zero attached hydrogens (tertiary/aromatic N) is 1. The van der Waals surface area contributed by atoms with Crippen LogP contribution in [0, 0.1) is 0 Å². The molecule has 0 aliphatic rings. The molecule has 1 heterocycles. The average molecular weight is 375 g/mol. The van der Waals surface area contributed by atoms with Crippen LogP contribution in [0.25, 0.3) is 10.8 Å². The summed E-state index contributed by atoms with van der Waals surface area (Å²) in [4.78, 5) is 32.8. The van der Waals surface area contributed by atoms with Crippen LogP contribution >= 0.6 is 19.4 Å². The highest BCUT2D eigenvalue weighted by molar-refractivity contribution is 7.99. The Balaban J connectivity index is 2.04. The van der Waals surface area contributed by atoms with Gasteiger partial charge in [-0.2, -0.15) is 0 Å². The summed E-state index contributed by atoms with van der Waals surface area (Å²) in [5.74, 6) is 0. The van der Waals surface area contributed by atoms with Crippen LogP contribution in [0.5, 0.6) is 0 Å². The summed E-state index contributed by atoms with van der Waals surface area (Å²) < 4.78 is 13.0. The van der Waals surface area contributed by atoms with Gasteiger partial charge < -0.3 is 14.4 Å². The minimum Gasteiger partial charge on any atom is -0.321 e. The van der Waals surface area contributed by atoms with E-state index in [2.05, 4.69) is 0 Å². The standard InChI is InChI=1S/C18H18NO4PS/c1-2-9-19-12-16(11-17(18(19)20)24(21,22)23)25-15-8-7-13-5-3-4-6-14(13)10-15/h3-8,10-12H,2,9H2,1H3,(H2,21,22,23). The largest absolute Gasteiger partial charge is 0.361 e. The van der Waals surface area contributed by atoms with E-state index in [0.717, 1.165) is 15.7 Å². The second-order valence-corrected chi connectivity index (χ2v) is 8.43. The Labute approximate surface area is 149 Å². The smallest absolute Gasteiger partial charge is 0.321 e. The van der Waals surface area contributed by atoms with Crippen molar-refractivity contribution in [2.45, 2.75) is 29.7 Å². The van der Waals surface area contributed by atoms with E-state index in [1.54, 1.807) is 6.20 Å². The maximum Gasteiger partial charge on any atom is 0.361 e. The summed E-state index contributed by atoms with van der Waals surface area (Å²) in [6.45, 7) is 2.32. The lowest BCUT2D eigenvalue weighted by atomic mass is 10.1. The Kier molecular flexibility index (Phi) is 5.16. The third-order valence-electron chi connectivity index (χ3n) is 3.78. The summed E-state index contributed by atoms with van der Waals surface area (Å²) in [7, 11) is -4.62. The zero-order valence-electron chi connectivity index (χ0n) is 13.6. The van der Waals surface area contributed by atoms with Crippen LogP contribution < -0.4 is 10.9 Å². The number of aromatic nitrogens is 1. The van der Waals surface area contributed by atoms with E-state index in [-0.39, 0.29) is 0 Å². The second-order valence-electron chi connectivity index (χ2n) is 5.71. The Hall–Kier alpha value is -1.85. The van der Waals surface area contributed by atoms with Gasteiger partial charge in [-0.15, -0.1) is 0 Å².